The predicted octanol–water partition coefficient (Wildman–Crippen LogP) is 4.51. The number of carbonyl (C=O) groups excluding carboxylic acids is 3. The first-order valence-corrected chi connectivity index (χ1v) is 12.8. The summed E-state index contributed by atoms with van der Waals surface area (Å²) in [4.78, 5) is 36.1. The Morgan fingerprint density at radius 3 is 2.43 bits per heavy atom. The number of hydrogen-bond acceptors (Lipinski definition) is 9. The number of esters is 2. The first-order valence-electron chi connectivity index (χ1n) is 12.4. The molecule has 1 unspecified atom stereocenters. The lowest BCUT2D eigenvalue weighted by molar-refractivity contribution is -0.173. The number of rotatable bonds is 11. The summed E-state index contributed by atoms with van der Waals surface area (Å²) in [6.45, 7) is -0.0685. The molecule has 0 aliphatic heterocycles. The van der Waals surface area contributed by atoms with E-state index in [9.17, 15) is 28.3 Å². The smallest absolute Gasteiger partial charge is 0.339 e. The first-order chi connectivity index (χ1) is 20.1. The average molecular weight is 600 g/mol. The second-order valence-electron chi connectivity index (χ2n) is 8.93. The van der Waals surface area contributed by atoms with E-state index in [1.807, 2.05) is 0 Å². The third kappa shape index (κ3) is 7.97. The number of aliphatic hydroxyl groups is 1. The van der Waals surface area contributed by atoms with E-state index in [1.54, 1.807) is 30.3 Å². The van der Waals surface area contributed by atoms with Crippen LogP contribution in [0.5, 0.6) is 0 Å². The number of ether oxygens (including phenoxy) is 2. The second-order valence-corrected chi connectivity index (χ2v) is 9.37. The van der Waals surface area contributed by atoms with E-state index < -0.39 is 48.9 Å². The fourth-order valence-electron chi connectivity index (χ4n) is 3.81. The van der Waals surface area contributed by atoms with E-state index in [0.29, 0.717) is 21.7 Å². The SMILES string of the molecule is CC(=O)OCOC(=O)C(O)CN(Cc1ccc(-c2cc(Cl)ccc2F)cc1)NC(=O)c1cc(-c2ccccc2F)no1. The molecule has 3 aromatic carbocycles. The van der Waals surface area contributed by atoms with E-state index >= 15 is 0 Å². The van der Waals surface area contributed by atoms with Gasteiger partial charge in [-0.25, -0.2) is 18.6 Å². The Hall–Kier alpha value is -4.65. The van der Waals surface area contributed by atoms with Crippen molar-refractivity contribution in [3.05, 3.63) is 101 Å². The third-order valence-electron chi connectivity index (χ3n) is 5.84. The maximum Gasteiger partial charge on any atom is 0.339 e. The van der Waals surface area contributed by atoms with Gasteiger partial charge in [-0.3, -0.25) is 15.0 Å². The Morgan fingerprint density at radius 2 is 1.71 bits per heavy atom. The zero-order chi connectivity index (χ0) is 30.2. The highest BCUT2D eigenvalue weighted by Gasteiger charge is 2.24. The van der Waals surface area contributed by atoms with Gasteiger partial charge in [-0.2, -0.15) is 0 Å². The predicted molar refractivity (Wildman–Crippen MR) is 145 cm³/mol. The number of aliphatic hydroxyl groups excluding tert-OH is 1. The fraction of sp³-hybridized carbons (Fsp3) is 0.172. The fourth-order valence-corrected chi connectivity index (χ4v) is 3.98. The maximum absolute atomic E-state index is 14.3. The van der Waals surface area contributed by atoms with Crippen LogP contribution in [-0.4, -0.2) is 52.6 Å². The van der Waals surface area contributed by atoms with Crippen molar-refractivity contribution in [2.45, 2.75) is 19.6 Å². The summed E-state index contributed by atoms with van der Waals surface area (Å²) in [6, 6.07) is 17.8. The molecule has 0 spiro atoms. The molecule has 218 valence electrons. The lowest BCUT2D eigenvalue weighted by atomic mass is 10.0. The minimum Gasteiger partial charge on any atom is -0.428 e. The number of amides is 1. The molecule has 0 aliphatic rings. The average Bonchev–Trinajstić information content (AvgIpc) is 3.45. The number of benzene rings is 3. The molecule has 0 radical (unpaired) electrons. The molecule has 2 N–H and O–H groups in total. The van der Waals surface area contributed by atoms with Crippen LogP contribution >= 0.6 is 11.6 Å². The van der Waals surface area contributed by atoms with Crippen molar-refractivity contribution in [2.75, 3.05) is 13.3 Å². The van der Waals surface area contributed by atoms with Crippen molar-refractivity contribution >= 4 is 29.4 Å². The van der Waals surface area contributed by atoms with Crippen molar-refractivity contribution in [1.82, 2.24) is 15.6 Å². The molecule has 0 saturated carbocycles. The Bertz CT molecular complexity index is 1580. The molecule has 4 rings (SSSR count). The Balaban J connectivity index is 1.51. The summed E-state index contributed by atoms with van der Waals surface area (Å²) in [5, 5.41) is 15.7. The highest BCUT2D eigenvalue weighted by molar-refractivity contribution is 6.30. The van der Waals surface area contributed by atoms with Crippen LogP contribution in [0.3, 0.4) is 0 Å². The van der Waals surface area contributed by atoms with Crippen LogP contribution in [0.4, 0.5) is 8.78 Å². The van der Waals surface area contributed by atoms with Gasteiger partial charge in [-0.1, -0.05) is 53.2 Å². The topological polar surface area (TPSA) is 131 Å². The molecule has 1 aromatic heterocycles. The maximum atomic E-state index is 14.3. The van der Waals surface area contributed by atoms with Gasteiger partial charge in [0.2, 0.25) is 12.6 Å². The molecule has 1 heterocycles. The molecule has 42 heavy (non-hydrogen) atoms. The van der Waals surface area contributed by atoms with Crippen LogP contribution in [0.1, 0.15) is 23.0 Å². The summed E-state index contributed by atoms with van der Waals surface area (Å²) < 4.78 is 42.8. The molecule has 0 bridgehead atoms. The first kappa shape index (κ1) is 30.3. The summed E-state index contributed by atoms with van der Waals surface area (Å²) >= 11 is 6.00. The molecule has 0 aliphatic carbocycles. The third-order valence-corrected chi connectivity index (χ3v) is 6.07. The van der Waals surface area contributed by atoms with E-state index in [-0.39, 0.29) is 23.6 Å². The molecule has 13 heteroatoms. The quantitative estimate of drug-likeness (QED) is 0.145. The van der Waals surface area contributed by atoms with Crippen LogP contribution in [-0.2, 0) is 25.6 Å². The number of nitrogens with zero attached hydrogens (tertiary/aromatic N) is 2. The number of hydrogen-bond donors (Lipinski definition) is 2. The van der Waals surface area contributed by atoms with E-state index in [2.05, 4.69) is 15.3 Å². The van der Waals surface area contributed by atoms with E-state index in [1.165, 1.54) is 47.5 Å². The monoisotopic (exact) mass is 599 g/mol. The lowest BCUT2D eigenvalue weighted by Gasteiger charge is -2.24. The molecule has 10 nitrogen and oxygen atoms in total. The summed E-state index contributed by atoms with van der Waals surface area (Å²) in [7, 11) is 0. The summed E-state index contributed by atoms with van der Waals surface area (Å²) in [5.74, 6) is -3.88. The zero-order valence-electron chi connectivity index (χ0n) is 22.1. The van der Waals surface area contributed by atoms with Gasteiger partial charge >= 0.3 is 17.8 Å². The van der Waals surface area contributed by atoms with Crippen molar-refractivity contribution in [1.29, 1.82) is 0 Å². The van der Waals surface area contributed by atoms with Crippen LogP contribution in [0.25, 0.3) is 22.4 Å². The van der Waals surface area contributed by atoms with Gasteiger partial charge in [-0.15, -0.1) is 0 Å². The number of carbonyl (C=O) groups is 3. The summed E-state index contributed by atoms with van der Waals surface area (Å²) in [5.41, 5.74) is 4.17. The Kier molecular flexibility index (Phi) is 9.97. The van der Waals surface area contributed by atoms with Crippen molar-refractivity contribution in [3.63, 3.8) is 0 Å². The van der Waals surface area contributed by atoms with Crippen LogP contribution in [0.15, 0.2) is 77.3 Å². The highest BCUT2D eigenvalue weighted by atomic mass is 35.5. The van der Waals surface area contributed by atoms with E-state index in [0.717, 1.165) is 6.92 Å². The number of halogens is 3. The standard InChI is InChI=1S/C29H24ClF2N3O7/c1-17(36)40-16-41-29(39)26(37)15-35(14-18-6-8-19(9-7-18)22-12-20(30)10-11-24(22)32)33-28(38)27-13-25(34-42-27)21-4-2-3-5-23(21)31/h2-13,26,37H,14-16H2,1H3,(H,33,38). The van der Waals surface area contributed by atoms with Gasteiger partial charge in [0.15, 0.2) is 6.10 Å². The lowest BCUT2D eigenvalue weighted by Crippen LogP contribution is -2.47. The minimum atomic E-state index is -1.76. The van der Waals surface area contributed by atoms with Crippen LogP contribution in [0, 0.1) is 11.6 Å². The Labute approximate surface area is 243 Å². The van der Waals surface area contributed by atoms with Crippen molar-refractivity contribution in [2.24, 2.45) is 0 Å². The molecular weight excluding hydrogens is 576 g/mol. The molecular formula is C29H24ClF2N3O7. The van der Waals surface area contributed by atoms with Gasteiger partial charge in [0, 0.05) is 35.7 Å². The van der Waals surface area contributed by atoms with Gasteiger partial charge in [0.05, 0.1) is 6.54 Å². The van der Waals surface area contributed by atoms with Crippen molar-refractivity contribution < 1.29 is 42.3 Å². The van der Waals surface area contributed by atoms with Crippen LogP contribution < -0.4 is 5.43 Å². The number of nitrogens with one attached hydrogen (secondary N) is 1. The summed E-state index contributed by atoms with van der Waals surface area (Å²) in [6.07, 6.45) is -1.76. The van der Waals surface area contributed by atoms with Gasteiger partial charge < -0.3 is 19.1 Å². The van der Waals surface area contributed by atoms with Gasteiger partial charge in [-0.05, 0) is 41.5 Å². The highest BCUT2D eigenvalue weighted by Crippen LogP contribution is 2.27. The zero-order valence-corrected chi connectivity index (χ0v) is 22.8. The molecule has 0 fully saturated rings. The van der Waals surface area contributed by atoms with Gasteiger partial charge in [0.25, 0.3) is 0 Å². The molecule has 0 saturated heterocycles. The molecule has 1 amide bonds. The minimum absolute atomic E-state index is 0.0351. The normalized spacial score (nSPS) is 11.7. The number of hydrazine groups is 1. The van der Waals surface area contributed by atoms with E-state index in [4.69, 9.17) is 20.9 Å². The molecule has 1 atom stereocenters. The number of aromatic nitrogens is 1. The van der Waals surface area contributed by atoms with Gasteiger partial charge in [0.1, 0.15) is 17.3 Å². The van der Waals surface area contributed by atoms with Crippen molar-refractivity contribution in [3.8, 4) is 22.4 Å². The second kappa shape index (κ2) is 13.8. The largest absolute Gasteiger partial charge is 0.428 e. The molecule has 4 aromatic rings. The Morgan fingerprint density at radius 1 is 1.00 bits per heavy atom. The van der Waals surface area contributed by atoms with Crippen LogP contribution in [0.2, 0.25) is 5.02 Å².